The van der Waals surface area contributed by atoms with E-state index in [1.807, 2.05) is 23.1 Å². The van der Waals surface area contributed by atoms with Crippen molar-refractivity contribution in [1.29, 1.82) is 0 Å². The molecule has 1 N–H and O–H groups in total. The summed E-state index contributed by atoms with van der Waals surface area (Å²) in [7, 11) is -3.84. The van der Waals surface area contributed by atoms with Gasteiger partial charge in [-0.2, -0.15) is 0 Å². The van der Waals surface area contributed by atoms with Gasteiger partial charge in [-0.3, -0.25) is 4.84 Å². The fourth-order valence-corrected chi connectivity index (χ4v) is 2.58. The highest BCUT2D eigenvalue weighted by molar-refractivity contribution is 7.89. The Kier molecular flexibility index (Phi) is 5.48. The van der Waals surface area contributed by atoms with E-state index in [0.29, 0.717) is 5.75 Å². The largest absolute Gasteiger partial charge is 0.491 e. The Morgan fingerprint density at radius 1 is 1.09 bits per heavy atom. The van der Waals surface area contributed by atoms with Crippen LogP contribution in [0.15, 0.2) is 53.4 Å². The van der Waals surface area contributed by atoms with E-state index in [-0.39, 0.29) is 23.7 Å². The van der Waals surface area contributed by atoms with E-state index >= 15 is 0 Å². The number of ether oxygens (including phenoxy) is 1. The lowest BCUT2D eigenvalue weighted by Crippen LogP contribution is -2.26. The second-order valence-electron chi connectivity index (χ2n) is 4.51. The predicted octanol–water partition coefficient (Wildman–Crippen LogP) is 2.42. The number of benzene rings is 2. The third-order valence-electron chi connectivity index (χ3n) is 2.81. The molecule has 0 saturated carbocycles. The lowest BCUT2D eigenvalue weighted by atomic mass is 10.2. The third-order valence-corrected chi connectivity index (χ3v) is 4.02. The van der Waals surface area contributed by atoms with Gasteiger partial charge in [0.2, 0.25) is 0 Å². The molecule has 5 nitrogen and oxygen atoms in total. The summed E-state index contributed by atoms with van der Waals surface area (Å²) < 4.78 is 42.3. The first-order valence-corrected chi connectivity index (χ1v) is 8.05. The van der Waals surface area contributed by atoms with Crippen LogP contribution in [-0.4, -0.2) is 21.6 Å². The van der Waals surface area contributed by atoms with Gasteiger partial charge >= 0.3 is 0 Å². The molecule has 0 aromatic heterocycles. The number of rotatable bonds is 7. The normalized spacial score (nSPS) is 11.4. The van der Waals surface area contributed by atoms with Crippen molar-refractivity contribution in [2.45, 2.75) is 11.8 Å². The number of nitrogens with one attached hydrogen (secondary N) is 1. The molecule has 0 aliphatic heterocycles. The topological polar surface area (TPSA) is 64.6 Å². The van der Waals surface area contributed by atoms with Gasteiger partial charge in [0, 0.05) is 0 Å². The van der Waals surface area contributed by atoms with Gasteiger partial charge in [-0.05, 0) is 42.8 Å². The molecule has 2 aromatic rings. The van der Waals surface area contributed by atoms with Crippen LogP contribution < -0.4 is 9.62 Å². The highest BCUT2D eigenvalue weighted by Gasteiger charge is 2.15. The molecule has 0 bridgehead atoms. The van der Waals surface area contributed by atoms with Crippen LogP contribution in [0.3, 0.4) is 0 Å². The second-order valence-corrected chi connectivity index (χ2v) is 6.15. The summed E-state index contributed by atoms with van der Waals surface area (Å²) in [5.74, 6) is 0.208. The number of halogens is 1. The quantitative estimate of drug-likeness (QED) is 0.627. The fourth-order valence-electron chi connectivity index (χ4n) is 1.67. The molecule has 0 atom stereocenters. The standard InChI is InChI=1S/C15H16FNO4S/c1-12-11-14(7-8-15(12)16)22(18,19)17-21-10-9-20-13-5-3-2-4-6-13/h2-8,11,17H,9-10H2,1H3. The first-order valence-electron chi connectivity index (χ1n) is 6.56. The van der Waals surface area contributed by atoms with E-state index in [9.17, 15) is 12.8 Å². The molecule has 0 aliphatic rings. The number of sulfonamides is 1. The van der Waals surface area contributed by atoms with Crippen molar-refractivity contribution in [3.63, 3.8) is 0 Å². The molecular weight excluding hydrogens is 309 g/mol. The number of hydrogen-bond donors (Lipinski definition) is 1. The molecule has 7 heteroatoms. The lowest BCUT2D eigenvalue weighted by Gasteiger charge is -2.09. The smallest absolute Gasteiger partial charge is 0.262 e. The van der Waals surface area contributed by atoms with Crippen molar-refractivity contribution in [3.8, 4) is 5.75 Å². The minimum absolute atomic E-state index is 0.0360. The second kappa shape index (κ2) is 7.35. The van der Waals surface area contributed by atoms with Gasteiger partial charge in [-0.1, -0.05) is 23.1 Å². The maximum Gasteiger partial charge on any atom is 0.262 e. The maximum absolute atomic E-state index is 13.1. The van der Waals surface area contributed by atoms with Crippen molar-refractivity contribution in [2.24, 2.45) is 0 Å². The fraction of sp³-hybridized carbons (Fsp3) is 0.200. The zero-order valence-corrected chi connectivity index (χ0v) is 12.8. The Balaban J connectivity index is 1.81. The van der Waals surface area contributed by atoms with Crippen LogP contribution in [0.25, 0.3) is 0 Å². The SMILES string of the molecule is Cc1cc(S(=O)(=O)NOCCOc2ccccc2)ccc1F. The monoisotopic (exact) mass is 325 g/mol. The van der Waals surface area contributed by atoms with E-state index in [1.165, 1.54) is 19.1 Å². The van der Waals surface area contributed by atoms with E-state index < -0.39 is 15.8 Å². The number of hydrogen-bond acceptors (Lipinski definition) is 4. The lowest BCUT2D eigenvalue weighted by molar-refractivity contribution is 0.0665. The molecule has 0 radical (unpaired) electrons. The molecule has 118 valence electrons. The molecule has 22 heavy (non-hydrogen) atoms. The van der Waals surface area contributed by atoms with Crippen LogP contribution in [0.4, 0.5) is 4.39 Å². The Labute approximate surface area is 128 Å². The van der Waals surface area contributed by atoms with Crippen molar-refractivity contribution in [3.05, 3.63) is 59.9 Å². The van der Waals surface area contributed by atoms with Gasteiger partial charge in [-0.15, -0.1) is 0 Å². The van der Waals surface area contributed by atoms with Gasteiger partial charge in [0.05, 0.1) is 4.90 Å². The van der Waals surface area contributed by atoms with Crippen molar-refractivity contribution in [1.82, 2.24) is 4.89 Å². The third kappa shape index (κ3) is 4.52. The average molecular weight is 325 g/mol. The van der Waals surface area contributed by atoms with Crippen molar-refractivity contribution in [2.75, 3.05) is 13.2 Å². The molecule has 0 unspecified atom stereocenters. The molecule has 0 heterocycles. The first kappa shape index (κ1) is 16.4. The minimum Gasteiger partial charge on any atom is -0.491 e. The number of aryl methyl sites for hydroxylation is 1. The summed E-state index contributed by atoms with van der Waals surface area (Å²) in [5.41, 5.74) is 0.246. The Morgan fingerprint density at radius 2 is 1.82 bits per heavy atom. The molecule has 2 rings (SSSR count). The molecule has 0 spiro atoms. The molecule has 2 aromatic carbocycles. The number of para-hydroxylation sites is 1. The van der Waals surface area contributed by atoms with Crippen LogP contribution in [0, 0.1) is 12.7 Å². The van der Waals surface area contributed by atoms with E-state index in [4.69, 9.17) is 9.57 Å². The highest BCUT2D eigenvalue weighted by atomic mass is 32.2. The van der Waals surface area contributed by atoms with Crippen LogP contribution in [0.1, 0.15) is 5.56 Å². The molecule has 0 aliphatic carbocycles. The molecule has 0 saturated heterocycles. The van der Waals surface area contributed by atoms with Gasteiger partial charge < -0.3 is 4.74 Å². The highest BCUT2D eigenvalue weighted by Crippen LogP contribution is 2.14. The van der Waals surface area contributed by atoms with Gasteiger partial charge in [0.1, 0.15) is 24.8 Å². The van der Waals surface area contributed by atoms with Gasteiger partial charge in [0.25, 0.3) is 10.0 Å². The summed E-state index contributed by atoms with van der Waals surface area (Å²) in [4.78, 5) is 6.81. The maximum atomic E-state index is 13.1. The Morgan fingerprint density at radius 3 is 2.50 bits per heavy atom. The van der Waals surface area contributed by atoms with Crippen LogP contribution in [0.2, 0.25) is 0 Å². The van der Waals surface area contributed by atoms with Crippen LogP contribution in [0.5, 0.6) is 5.75 Å². The Hall–Kier alpha value is -1.96. The Bertz CT molecular complexity index is 720. The van der Waals surface area contributed by atoms with E-state index in [1.54, 1.807) is 12.1 Å². The van der Waals surface area contributed by atoms with Gasteiger partial charge in [0.15, 0.2) is 0 Å². The summed E-state index contributed by atoms with van der Waals surface area (Å²) in [6.07, 6.45) is 0. The zero-order chi connectivity index (χ0) is 16.0. The van der Waals surface area contributed by atoms with Crippen molar-refractivity contribution < 1.29 is 22.4 Å². The zero-order valence-electron chi connectivity index (χ0n) is 12.0. The average Bonchev–Trinajstić information content (AvgIpc) is 2.50. The summed E-state index contributed by atoms with van der Waals surface area (Å²) in [6, 6.07) is 12.6. The summed E-state index contributed by atoms with van der Waals surface area (Å²) in [5, 5.41) is 0. The van der Waals surface area contributed by atoms with Crippen LogP contribution in [-0.2, 0) is 14.9 Å². The predicted molar refractivity (Wildman–Crippen MR) is 79.3 cm³/mol. The summed E-state index contributed by atoms with van der Waals surface area (Å²) >= 11 is 0. The minimum atomic E-state index is -3.84. The van der Waals surface area contributed by atoms with Crippen molar-refractivity contribution >= 4 is 10.0 Å². The van der Waals surface area contributed by atoms with E-state index in [0.717, 1.165) is 6.07 Å². The van der Waals surface area contributed by atoms with E-state index in [2.05, 4.69) is 0 Å². The first-order chi connectivity index (χ1) is 10.5. The summed E-state index contributed by atoms with van der Waals surface area (Å²) in [6.45, 7) is 1.71. The van der Waals surface area contributed by atoms with Gasteiger partial charge in [-0.25, -0.2) is 12.8 Å². The molecule has 0 amide bonds. The molecule has 0 fully saturated rings. The molecular formula is C15H16FNO4S. The van der Waals surface area contributed by atoms with Crippen LogP contribution >= 0.6 is 0 Å².